The van der Waals surface area contributed by atoms with Gasteiger partial charge in [-0.1, -0.05) is 29.8 Å². The predicted octanol–water partition coefficient (Wildman–Crippen LogP) is 2.90. The van der Waals surface area contributed by atoms with E-state index in [0.29, 0.717) is 10.8 Å². The van der Waals surface area contributed by atoms with E-state index in [2.05, 4.69) is 0 Å². The van der Waals surface area contributed by atoms with Gasteiger partial charge in [0.15, 0.2) is 9.84 Å². The Balaban J connectivity index is 2.20. The van der Waals surface area contributed by atoms with E-state index in [1.807, 2.05) is 12.1 Å². The lowest BCUT2D eigenvalue weighted by Crippen LogP contribution is -2.05. The maximum absolute atomic E-state index is 11.6. The molecular weight excluding hydrogens is 298 g/mol. The van der Waals surface area contributed by atoms with Crippen molar-refractivity contribution in [3.8, 4) is 5.75 Å². The molecule has 0 fully saturated rings. The number of hydrogen-bond acceptors (Lipinski definition) is 4. The number of nitrogens with two attached hydrogens (primary N) is 1. The summed E-state index contributed by atoms with van der Waals surface area (Å²) >= 11 is 5.80. The van der Waals surface area contributed by atoms with E-state index in [1.54, 1.807) is 24.3 Å². The van der Waals surface area contributed by atoms with Crippen molar-refractivity contribution in [2.24, 2.45) is 0 Å². The first-order valence-electron chi connectivity index (χ1n) is 5.84. The van der Waals surface area contributed by atoms with Gasteiger partial charge >= 0.3 is 0 Å². The van der Waals surface area contributed by atoms with Gasteiger partial charge in [0, 0.05) is 11.3 Å². The zero-order chi connectivity index (χ0) is 14.8. The summed E-state index contributed by atoms with van der Waals surface area (Å²) in [5.74, 6) is 0.350. The monoisotopic (exact) mass is 311 g/mol. The van der Waals surface area contributed by atoms with Crippen LogP contribution in [-0.4, -0.2) is 14.7 Å². The second-order valence-corrected chi connectivity index (χ2v) is 6.78. The highest BCUT2D eigenvalue weighted by Gasteiger charge is 2.14. The molecule has 0 heterocycles. The minimum absolute atomic E-state index is 0.0751. The van der Waals surface area contributed by atoms with Gasteiger partial charge < -0.3 is 10.5 Å². The molecule has 0 radical (unpaired) electrons. The van der Waals surface area contributed by atoms with Gasteiger partial charge in [-0.25, -0.2) is 8.42 Å². The van der Waals surface area contributed by atoms with Crippen molar-refractivity contribution >= 4 is 27.1 Å². The highest BCUT2D eigenvalue weighted by molar-refractivity contribution is 7.90. The average Bonchev–Trinajstić information content (AvgIpc) is 2.38. The number of rotatable bonds is 4. The maximum Gasteiger partial charge on any atom is 0.177 e. The fraction of sp³-hybridized carbons (Fsp3) is 0.143. The Morgan fingerprint density at radius 2 is 1.80 bits per heavy atom. The van der Waals surface area contributed by atoms with Gasteiger partial charge in [-0.15, -0.1) is 0 Å². The fourth-order valence-electron chi connectivity index (χ4n) is 1.71. The molecule has 0 amide bonds. The molecule has 106 valence electrons. The summed E-state index contributed by atoms with van der Waals surface area (Å²) < 4.78 is 28.7. The molecular formula is C14H14ClNO3S. The van der Waals surface area contributed by atoms with E-state index in [0.717, 1.165) is 11.8 Å². The number of anilines is 1. The molecule has 0 saturated carbocycles. The van der Waals surface area contributed by atoms with E-state index in [4.69, 9.17) is 22.1 Å². The van der Waals surface area contributed by atoms with Crippen molar-refractivity contribution in [2.45, 2.75) is 11.5 Å². The topological polar surface area (TPSA) is 69.4 Å². The maximum atomic E-state index is 11.6. The number of halogens is 1. The van der Waals surface area contributed by atoms with Gasteiger partial charge in [0.25, 0.3) is 0 Å². The van der Waals surface area contributed by atoms with E-state index in [1.165, 1.54) is 6.07 Å². The Labute approximate surface area is 123 Å². The number of sulfone groups is 1. The predicted molar refractivity (Wildman–Crippen MR) is 79.7 cm³/mol. The lowest BCUT2D eigenvalue weighted by Gasteiger charge is -2.11. The van der Waals surface area contributed by atoms with E-state index in [9.17, 15) is 8.42 Å². The number of nitrogen functional groups attached to an aromatic ring is 1. The molecule has 0 unspecified atom stereocenters. The Morgan fingerprint density at radius 3 is 2.40 bits per heavy atom. The van der Waals surface area contributed by atoms with Crippen LogP contribution in [0, 0.1) is 0 Å². The third-order valence-corrected chi connectivity index (χ3v) is 4.14. The van der Waals surface area contributed by atoms with Gasteiger partial charge in [0.05, 0.1) is 10.6 Å². The number of benzene rings is 2. The molecule has 4 nitrogen and oxygen atoms in total. The average molecular weight is 312 g/mol. The second-order valence-electron chi connectivity index (χ2n) is 4.36. The zero-order valence-corrected chi connectivity index (χ0v) is 12.4. The van der Waals surface area contributed by atoms with Crippen LogP contribution in [0.25, 0.3) is 0 Å². The zero-order valence-electron chi connectivity index (χ0n) is 10.8. The first-order valence-corrected chi connectivity index (χ1v) is 8.10. The highest BCUT2D eigenvalue weighted by Crippen LogP contribution is 2.29. The van der Waals surface area contributed by atoms with Crippen molar-refractivity contribution in [3.05, 3.63) is 53.1 Å². The SMILES string of the molecule is CS(=O)(=O)c1cccc(OCc2ccc(Cl)cc2)c1N. The van der Waals surface area contributed by atoms with Gasteiger partial charge in [-0.2, -0.15) is 0 Å². The lowest BCUT2D eigenvalue weighted by molar-refractivity contribution is 0.307. The minimum Gasteiger partial charge on any atom is -0.487 e. The van der Waals surface area contributed by atoms with Crippen molar-refractivity contribution in [1.82, 2.24) is 0 Å². The summed E-state index contributed by atoms with van der Waals surface area (Å²) in [6.07, 6.45) is 1.11. The first kappa shape index (κ1) is 14.7. The van der Waals surface area contributed by atoms with E-state index in [-0.39, 0.29) is 17.2 Å². The van der Waals surface area contributed by atoms with Crippen molar-refractivity contribution in [3.63, 3.8) is 0 Å². The Morgan fingerprint density at radius 1 is 1.15 bits per heavy atom. The summed E-state index contributed by atoms with van der Waals surface area (Å²) in [6, 6.07) is 11.9. The molecule has 0 bridgehead atoms. The molecule has 6 heteroatoms. The fourth-order valence-corrected chi connectivity index (χ4v) is 2.67. The van der Waals surface area contributed by atoms with Crippen molar-refractivity contribution < 1.29 is 13.2 Å². The lowest BCUT2D eigenvalue weighted by atomic mass is 10.2. The first-order chi connectivity index (χ1) is 9.38. The number of para-hydroxylation sites is 1. The molecule has 2 N–H and O–H groups in total. The van der Waals surface area contributed by atoms with Gasteiger partial charge in [0.1, 0.15) is 12.4 Å². The minimum atomic E-state index is -3.37. The van der Waals surface area contributed by atoms with Crippen LogP contribution in [0.1, 0.15) is 5.56 Å². The normalized spacial score (nSPS) is 11.3. The summed E-state index contributed by atoms with van der Waals surface area (Å²) in [4.78, 5) is 0.0751. The van der Waals surface area contributed by atoms with Crippen LogP contribution < -0.4 is 10.5 Å². The van der Waals surface area contributed by atoms with Crippen LogP contribution in [0.4, 0.5) is 5.69 Å². The molecule has 2 rings (SSSR count). The quantitative estimate of drug-likeness (QED) is 0.881. The summed E-state index contributed by atoms with van der Waals surface area (Å²) in [6.45, 7) is 0.286. The van der Waals surface area contributed by atoms with Gasteiger partial charge in [-0.3, -0.25) is 0 Å². The Hall–Kier alpha value is -1.72. The highest BCUT2D eigenvalue weighted by atomic mass is 35.5. The molecule has 0 atom stereocenters. The number of hydrogen-bond donors (Lipinski definition) is 1. The largest absolute Gasteiger partial charge is 0.487 e. The molecule has 20 heavy (non-hydrogen) atoms. The van der Waals surface area contributed by atoms with E-state index < -0.39 is 9.84 Å². The molecule has 2 aromatic rings. The van der Waals surface area contributed by atoms with E-state index >= 15 is 0 Å². The number of ether oxygens (including phenoxy) is 1. The third kappa shape index (κ3) is 3.43. The Bertz CT molecular complexity index is 712. The smallest absolute Gasteiger partial charge is 0.177 e. The molecule has 2 aromatic carbocycles. The summed E-state index contributed by atoms with van der Waals surface area (Å²) in [5.41, 5.74) is 6.88. The summed E-state index contributed by atoms with van der Waals surface area (Å²) in [7, 11) is -3.37. The molecule has 0 saturated heterocycles. The van der Waals surface area contributed by atoms with Crippen LogP contribution in [0.15, 0.2) is 47.4 Å². The molecule has 0 aliphatic carbocycles. The van der Waals surface area contributed by atoms with Gasteiger partial charge in [-0.05, 0) is 29.8 Å². The van der Waals surface area contributed by atoms with Crippen LogP contribution in [0.2, 0.25) is 5.02 Å². The van der Waals surface area contributed by atoms with Gasteiger partial charge in [0.2, 0.25) is 0 Å². The second kappa shape index (κ2) is 5.73. The standard InChI is InChI=1S/C14H14ClNO3S/c1-20(17,18)13-4-2-3-12(14(13)16)19-9-10-5-7-11(15)8-6-10/h2-8H,9,16H2,1H3. The molecule has 0 spiro atoms. The van der Waals surface area contributed by atoms with Crippen LogP contribution in [0.5, 0.6) is 5.75 Å². The Kier molecular flexibility index (Phi) is 4.20. The van der Waals surface area contributed by atoms with Crippen molar-refractivity contribution in [1.29, 1.82) is 0 Å². The van der Waals surface area contributed by atoms with Crippen LogP contribution in [0.3, 0.4) is 0 Å². The third-order valence-electron chi connectivity index (χ3n) is 2.73. The molecule has 0 aliphatic heterocycles. The van der Waals surface area contributed by atoms with Crippen molar-refractivity contribution in [2.75, 3.05) is 12.0 Å². The molecule has 0 aromatic heterocycles. The molecule has 0 aliphatic rings. The van der Waals surface area contributed by atoms with Crippen LogP contribution in [-0.2, 0) is 16.4 Å². The summed E-state index contributed by atoms with van der Waals surface area (Å²) in [5, 5.41) is 0.646. The van der Waals surface area contributed by atoms with Crippen LogP contribution >= 0.6 is 11.6 Å².